The molecule has 0 aliphatic carbocycles. The maximum absolute atomic E-state index is 12.3. The molecular formula is C20H24N2O4. The summed E-state index contributed by atoms with van der Waals surface area (Å²) in [7, 11) is 1.34. The molecule has 1 aromatic carbocycles. The van der Waals surface area contributed by atoms with Crippen LogP contribution in [0.1, 0.15) is 52.5 Å². The van der Waals surface area contributed by atoms with E-state index in [4.69, 9.17) is 4.42 Å². The molecule has 1 N–H and O–H groups in total. The SMILES string of the molecule is COC(=O)c1ccc([C@H](C)N2CCC(NC(=O)c3ccccc3)CC2)o1. The van der Waals surface area contributed by atoms with Gasteiger partial charge in [-0.2, -0.15) is 0 Å². The molecule has 0 radical (unpaired) electrons. The molecule has 1 aliphatic heterocycles. The number of carbonyl (C=O) groups is 2. The van der Waals surface area contributed by atoms with E-state index in [0.717, 1.165) is 31.7 Å². The maximum Gasteiger partial charge on any atom is 0.373 e. The number of nitrogens with one attached hydrogen (secondary N) is 1. The summed E-state index contributed by atoms with van der Waals surface area (Å²) < 4.78 is 10.3. The van der Waals surface area contributed by atoms with Crippen molar-refractivity contribution in [2.45, 2.75) is 31.8 Å². The van der Waals surface area contributed by atoms with E-state index in [1.54, 1.807) is 6.07 Å². The highest BCUT2D eigenvalue weighted by Crippen LogP contribution is 2.26. The molecule has 2 heterocycles. The van der Waals surface area contributed by atoms with Crippen molar-refractivity contribution in [3.05, 3.63) is 59.5 Å². The van der Waals surface area contributed by atoms with Crippen molar-refractivity contribution >= 4 is 11.9 Å². The van der Waals surface area contributed by atoms with E-state index in [9.17, 15) is 9.59 Å². The highest BCUT2D eigenvalue weighted by atomic mass is 16.5. The lowest BCUT2D eigenvalue weighted by Gasteiger charge is -2.35. The molecule has 1 saturated heterocycles. The van der Waals surface area contributed by atoms with Crippen molar-refractivity contribution in [3.63, 3.8) is 0 Å². The van der Waals surface area contributed by atoms with Crippen LogP contribution in [0.5, 0.6) is 0 Å². The Morgan fingerprint density at radius 1 is 1.15 bits per heavy atom. The Hall–Kier alpha value is -2.60. The molecule has 6 heteroatoms. The van der Waals surface area contributed by atoms with Gasteiger partial charge in [0, 0.05) is 24.7 Å². The number of hydrogen-bond acceptors (Lipinski definition) is 5. The Labute approximate surface area is 153 Å². The Morgan fingerprint density at radius 2 is 1.85 bits per heavy atom. The Bertz CT molecular complexity index is 748. The first kappa shape index (κ1) is 18.2. The minimum absolute atomic E-state index is 0.0224. The van der Waals surface area contributed by atoms with Crippen LogP contribution in [-0.4, -0.2) is 43.0 Å². The van der Waals surface area contributed by atoms with Crippen LogP contribution in [0.2, 0.25) is 0 Å². The second kappa shape index (κ2) is 8.19. The smallest absolute Gasteiger partial charge is 0.373 e. The molecule has 1 aliphatic rings. The van der Waals surface area contributed by atoms with E-state index in [1.807, 2.05) is 36.4 Å². The van der Waals surface area contributed by atoms with E-state index >= 15 is 0 Å². The predicted octanol–water partition coefficient (Wildman–Crippen LogP) is 3.02. The molecule has 26 heavy (non-hydrogen) atoms. The van der Waals surface area contributed by atoms with Gasteiger partial charge in [0.05, 0.1) is 13.2 Å². The quantitative estimate of drug-likeness (QED) is 0.834. The molecule has 1 aromatic heterocycles. The summed E-state index contributed by atoms with van der Waals surface area (Å²) in [5.41, 5.74) is 0.689. The van der Waals surface area contributed by atoms with Gasteiger partial charge in [-0.05, 0) is 44.0 Å². The molecule has 0 saturated carbocycles. The molecule has 3 rings (SSSR count). The average molecular weight is 356 g/mol. The van der Waals surface area contributed by atoms with Gasteiger partial charge < -0.3 is 14.5 Å². The zero-order chi connectivity index (χ0) is 18.5. The molecule has 1 atom stereocenters. The van der Waals surface area contributed by atoms with Gasteiger partial charge in [0.1, 0.15) is 5.76 Å². The molecule has 1 fully saturated rings. The lowest BCUT2D eigenvalue weighted by Crippen LogP contribution is -2.45. The predicted molar refractivity (Wildman–Crippen MR) is 97.0 cm³/mol. The molecule has 2 aromatic rings. The average Bonchev–Trinajstić information content (AvgIpc) is 3.18. The summed E-state index contributed by atoms with van der Waals surface area (Å²) in [6, 6.07) is 13.0. The maximum atomic E-state index is 12.3. The zero-order valence-electron chi connectivity index (χ0n) is 15.1. The van der Waals surface area contributed by atoms with Crippen LogP contribution in [0.3, 0.4) is 0 Å². The fourth-order valence-electron chi connectivity index (χ4n) is 3.26. The van der Waals surface area contributed by atoms with Crippen LogP contribution in [0, 0.1) is 0 Å². The van der Waals surface area contributed by atoms with Gasteiger partial charge >= 0.3 is 5.97 Å². The van der Waals surface area contributed by atoms with E-state index in [1.165, 1.54) is 7.11 Å². The number of esters is 1. The van der Waals surface area contributed by atoms with E-state index in [0.29, 0.717) is 5.56 Å². The molecule has 6 nitrogen and oxygen atoms in total. The first-order valence-electron chi connectivity index (χ1n) is 8.86. The van der Waals surface area contributed by atoms with Crippen LogP contribution < -0.4 is 5.32 Å². The first-order chi connectivity index (χ1) is 12.6. The summed E-state index contributed by atoms with van der Waals surface area (Å²) in [4.78, 5) is 26.1. The number of methoxy groups -OCH3 is 1. The summed E-state index contributed by atoms with van der Waals surface area (Å²) in [6.45, 7) is 3.77. The Balaban J connectivity index is 1.52. The lowest BCUT2D eigenvalue weighted by molar-refractivity contribution is 0.0557. The molecule has 1 amide bonds. The summed E-state index contributed by atoms with van der Waals surface area (Å²) >= 11 is 0. The Kier molecular flexibility index (Phi) is 5.73. The molecule has 0 unspecified atom stereocenters. The number of carbonyl (C=O) groups excluding carboxylic acids is 2. The summed E-state index contributed by atoms with van der Waals surface area (Å²) in [6.07, 6.45) is 1.76. The van der Waals surface area contributed by atoms with Crippen molar-refractivity contribution in [2.24, 2.45) is 0 Å². The van der Waals surface area contributed by atoms with Crippen molar-refractivity contribution in [1.82, 2.24) is 10.2 Å². The number of hydrogen-bond donors (Lipinski definition) is 1. The topological polar surface area (TPSA) is 71.8 Å². The number of benzene rings is 1. The van der Waals surface area contributed by atoms with E-state index < -0.39 is 5.97 Å². The van der Waals surface area contributed by atoms with E-state index in [2.05, 4.69) is 21.9 Å². The highest BCUT2D eigenvalue weighted by Gasteiger charge is 2.26. The number of ether oxygens (including phenoxy) is 1. The van der Waals surface area contributed by atoms with Crippen LogP contribution >= 0.6 is 0 Å². The van der Waals surface area contributed by atoms with Crippen molar-refractivity contribution in [3.8, 4) is 0 Å². The number of nitrogens with zero attached hydrogens (tertiary/aromatic N) is 1. The number of amides is 1. The zero-order valence-corrected chi connectivity index (χ0v) is 15.1. The number of likely N-dealkylation sites (tertiary alicyclic amines) is 1. The van der Waals surface area contributed by atoms with Crippen LogP contribution in [0.4, 0.5) is 0 Å². The van der Waals surface area contributed by atoms with Crippen LogP contribution in [0.25, 0.3) is 0 Å². The van der Waals surface area contributed by atoms with Gasteiger partial charge in [-0.1, -0.05) is 18.2 Å². The van der Waals surface area contributed by atoms with Crippen LogP contribution in [0.15, 0.2) is 46.9 Å². The molecule has 138 valence electrons. The first-order valence-corrected chi connectivity index (χ1v) is 8.86. The van der Waals surface area contributed by atoms with Gasteiger partial charge in [-0.15, -0.1) is 0 Å². The second-order valence-electron chi connectivity index (χ2n) is 6.52. The third-order valence-corrected chi connectivity index (χ3v) is 4.87. The highest BCUT2D eigenvalue weighted by molar-refractivity contribution is 5.94. The molecular weight excluding hydrogens is 332 g/mol. The minimum Gasteiger partial charge on any atom is -0.463 e. The minimum atomic E-state index is -0.467. The van der Waals surface area contributed by atoms with Gasteiger partial charge in [0.15, 0.2) is 0 Å². The molecule has 0 bridgehead atoms. The van der Waals surface area contributed by atoms with Gasteiger partial charge in [-0.3, -0.25) is 9.69 Å². The fraction of sp³-hybridized carbons (Fsp3) is 0.400. The fourth-order valence-corrected chi connectivity index (χ4v) is 3.26. The largest absolute Gasteiger partial charge is 0.463 e. The second-order valence-corrected chi connectivity index (χ2v) is 6.52. The van der Waals surface area contributed by atoms with E-state index in [-0.39, 0.29) is 23.8 Å². The number of piperidine rings is 1. The van der Waals surface area contributed by atoms with Gasteiger partial charge in [0.25, 0.3) is 5.91 Å². The normalized spacial score (nSPS) is 16.8. The standard InChI is InChI=1S/C20H24N2O4/c1-14(17-8-9-18(26-17)20(24)25-2)22-12-10-16(11-13-22)21-19(23)15-6-4-3-5-7-15/h3-9,14,16H,10-13H2,1-2H3,(H,21,23)/t14-/m0/s1. The molecule has 0 spiro atoms. The van der Waals surface area contributed by atoms with Crippen molar-refractivity contribution in [1.29, 1.82) is 0 Å². The number of rotatable bonds is 5. The van der Waals surface area contributed by atoms with Crippen molar-refractivity contribution < 1.29 is 18.7 Å². The summed E-state index contributed by atoms with van der Waals surface area (Å²) in [5.74, 6) is 0.480. The van der Waals surface area contributed by atoms with Crippen molar-refractivity contribution in [2.75, 3.05) is 20.2 Å². The number of furan rings is 1. The third-order valence-electron chi connectivity index (χ3n) is 4.87. The summed E-state index contributed by atoms with van der Waals surface area (Å²) in [5, 5.41) is 3.11. The van der Waals surface area contributed by atoms with Crippen LogP contribution in [-0.2, 0) is 4.74 Å². The third kappa shape index (κ3) is 4.14. The van der Waals surface area contributed by atoms with Gasteiger partial charge in [0.2, 0.25) is 5.76 Å². The Morgan fingerprint density at radius 3 is 2.50 bits per heavy atom. The lowest BCUT2D eigenvalue weighted by atomic mass is 10.0. The monoisotopic (exact) mass is 356 g/mol. The van der Waals surface area contributed by atoms with Gasteiger partial charge in [-0.25, -0.2) is 4.79 Å².